The molecule has 3 rings (SSSR count). The Bertz CT molecular complexity index is 919. The smallest absolute Gasteiger partial charge is 0.252 e. The third kappa shape index (κ3) is 3.96. The topological polar surface area (TPSA) is 109 Å². The van der Waals surface area contributed by atoms with Crippen LogP contribution in [0.5, 0.6) is 17.2 Å². The van der Waals surface area contributed by atoms with Crippen molar-refractivity contribution in [1.29, 1.82) is 0 Å². The quantitative estimate of drug-likeness (QED) is 0.796. The number of aromatic nitrogens is 1. The van der Waals surface area contributed by atoms with Crippen molar-refractivity contribution < 1.29 is 22.7 Å². The van der Waals surface area contributed by atoms with Gasteiger partial charge in [-0.3, -0.25) is 4.79 Å². The largest absolute Gasteiger partial charge is 0.491 e. The maximum Gasteiger partial charge on any atom is 0.252 e. The minimum atomic E-state index is -3.35. The summed E-state index contributed by atoms with van der Waals surface area (Å²) in [5.41, 5.74) is 5.58. The summed E-state index contributed by atoms with van der Waals surface area (Å²) >= 11 is 0. The lowest BCUT2D eigenvalue weighted by atomic mass is 10.2. The Labute approximate surface area is 152 Å². The van der Waals surface area contributed by atoms with E-state index < -0.39 is 15.7 Å². The molecule has 1 amide bonds. The molecule has 1 saturated carbocycles. The Morgan fingerprint density at radius 3 is 2.42 bits per heavy atom. The van der Waals surface area contributed by atoms with E-state index in [1.165, 1.54) is 24.4 Å². The number of ether oxygens (including phenoxy) is 2. The summed E-state index contributed by atoms with van der Waals surface area (Å²) in [4.78, 5) is 15.7. The standard InChI is InChI=1S/C18H20N2O5S/c1-11(2)24-12-3-7-16(15(9-12)18(19)21)25-13-4-8-17(20-10-13)26(22,23)14-5-6-14/h3-4,7-11,14H,5-6H2,1-2H3,(H2,19,21). The Morgan fingerprint density at radius 2 is 1.88 bits per heavy atom. The average molecular weight is 376 g/mol. The van der Waals surface area contributed by atoms with Gasteiger partial charge in [0.1, 0.15) is 17.2 Å². The second-order valence-electron chi connectivity index (χ2n) is 6.37. The summed E-state index contributed by atoms with van der Waals surface area (Å²) in [5, 5.41) is -0.292. The van der Waals surface area contributed by atoms with E-state index in [9.17, 15) is 13.2 Å². The molecule has 0 spiro atoms. The van der Waals surface area contributed by atoms with Gasteiger partial charge in [-0.2, -0.15) is 0 Å². The molecular formula is C18H20N2O5S. The van der Waals surface area contributed by atoms with Gasteiger partial charge in [0.2, 0.25) is 0 Å². The van der Waals surface area contributed by atoms with Crippen LogP contribution in [-0.2, 0) is 9.84 Å². The molecule has 0 bridgehead atoms. The Kier molecular flexibility index (Phi) is 4.86. The van der Waals surface area contributed by atoms with Crippen molar-refractivity contribution in [2.75, 3.05) is 0 Å². The van der Waals surface area contributed by atoms with Gasteiger partial charge in [0.05, 0.1) is 23.1 Å². The van der Waals surface area contributed by atoms with Crippen molar-refractivity contribution in [3.8, 4) is 17.2 Å². The molecular weight excluding hydrogens is 356 g/mol. The van der Waals surface area contributed by atoms with Crippen molar-refractivity contribution in [1.82, 2.24) is 4.98 Å². The van der Waals surface area contributed by atoms with E-state index in [0.29, 0.717) is 24.3 Å². The highest BCUT2D eigenvalue weighted by molar-refractivity contribution is 7.92. The number of hydrogen-bond donors (Lipinski definition) is 1. The number of rotatable bonds is 7. The molecule has 0 unspecified atom stereocenters. The zero-order valence-corrected chi connectivity index (χ0v) is 15.3. The number of sulfone groups is 1. The molecule has 2 N–H and O–H groups in total. The van der Waals surface area contributed by atoms with Gasteiger partial charge in [0.25, 0.3) is 5.91 Å². The molecule has 1 aromatic heterocycles. The van der Waals surface area contributed by atoms with Crippen molar-refractivity contribution in [3.05, 3.63) is 42.1 Å². The number of hydrogen-bond acceptors (Lipinski definition) is 6. The van der Waals surface area contributed by atoms with Gasteiger partial charge in [0.15, 0.2) is 14.9 Å². The minimum Gasteiger partial charge on any atom is -0.491 e. The summed E-state index contributed by atoms with van der Waals surface area (Å²) in [6.07, 6.45) is 2.62. The molecule has 1 fully saturated rings. The van der Waals surface area contributed by atoms with Gasteiger partial charge in [0, 0.05) is 0 Å². The van der Waals surface area contributed by atoms with Crippen LogP contribution in [0, 0.1) is 0 Å². The van der Waals surface area contributed by atoms with Crippen LogP contribution in [0.3, 0.4) is 0 Å². The fourth-order valence-electron chi connectivity index (χ4n) is 2.41. The lowest BCUT2D eigenvalue weighted by Crippen LogP contribution is -2.13. The number of carbonyl (C=O) groups is 1. The van der Waals surface area contributed by atoms with E-state index in [-0.39, 0.29) is 27.7 Å². The number of nitrogens with two attached hydrogens (primary N) is 1. The van der Waals surface area contributed by atoms with Gasteiger partial charge in [-0.25, -0.2) is 13.4 Å². The molecule has 8 heteroatoms. The third-order valence-electron chi connectivity index (χ3n) is 3.78. The molecule has 0 radical (unpaired) electrons. The predicted octanol–water partition coefficient (Wildman–Crippen LogP) is 2.70. The monoisotopic (exact) mass is 376 g/mol. The van der Waals surface area contributed by atoms with E-state index in [0.717, 1.165) is 0 Å². The second-order valence-corrected chi connectivity index (χ2v) is 8.54. The zero-order chi connectivity index (χ0) is 18.9. The number of amides is 1. The molecule has 1 heterocycles. The Balaban J connectivity index is 1.83. The summed E-state index contributed by atoms with van der Waals surface area (Å²) in [6.45, 7) is 3.74. The number of benzene rings is 1. The summed E-state index contributed by atoms with van der Waals surface area (Å²) in [7, 11) is -3.35. The highest BCUT2D eigenvalue weighted by Crippen LogP contribution is 2.34. The maximum atomic E-state index is 12.2. The summed E-state index contributed by atoms with van der Waals surface area (Å²) in [5.74, 6) is 0.397. The highest BCUT2D eigenvalue weighted by Gasteiger charge is 2.37. The van der Waals surface area contributed by atoms with Crippen LogP contribution in [0.25, 0.3) is 0 Å². The predicted molar refractivity (Wildman–Crippen MR) is 95.2 cm³/mol. The van der Waals surface area contributed by atoms with E-state index in [1.807, 2.05) is 13.8 Å². The maximum absolute atomic E-state index is 12.2. The van der Waals surface area contributed by atoms with E-state index in [1.54, 1.807) is 12.1 Å². The number of carbonyl (C=O) groups excluding carboxylic acids is 1. The Hall–Kier alpha value is -2.61. The molecule has 1 aromatic carbocycles. The van der Waals surface area contributed by atoms with Crippen LogP contribution in [-0.4, -0.2) is 30.7 Å². The average Bonchev–Trinajstić information content (AvgIpc) is 3.41. The van der Waals surface area contributed by atoms with Crippen molar-refractivity contribution in [2.24, 2.45) is 5.73 Å². The van der Waals surface area contributed by atoms with Crippen molar-refractivity contribution in [2.45, 2.75) is 43.1 Å². The highest BCUT2D eigenvalue weighted by atomic mass is 32.2. The van der Waals surface area contributed by atoms with Gasteiger partial charge in [-0.05, 0) is 57.0 Å². The van der Waals surface area contributed by atoms with Crippen molar-refractivity contribution >= 4 is 15.7 Å². The first-order chi connectivity index (χ1) is 12.3. The van der Waals surface area contributed by atoms with Gasteiger partial charge in [-0.15, -0.1) is 0 Å². The molecule has 0 atom stereocenters. The first kappa shape index (κ1) is 18.2. The second kappa shape index (κ2) is 6.95. The van der Waals surface area contributed by atoms with Crippen LogP contribution >= 0.6 is 0 Å². The zero-order valence-electron chi connectivity index (χ0n) is 14.5. The number of nitrogens with zero attached hydrogens (tertiary/aromatic N) is 1. The van der Waals surface area contributed by atoms with Gasteiger partial charge in [-0.1, -0.05) is 0 Å². The molecule has 2 aromatic rings. The fourth-order valence-corrected chi connectivity index (χ4v) is 3.96. The SMILES string of the molecule is CC(C)Oc1ccc(Oc2ccc(S(=O)(=O)C3CC3)nc2)c(C(N)=O)c1. The molecule has 1 aliphatic rings. The normalized spacial score (nSPS) is 14.3. The molecule has 0 saturated heterocycles. The number of primary amides is 1. The molecule has 7 nitrogen and oxygen atoms in total. The van der Waals surface area contributed by atoms with E-state index >= 15 is 0 Å². The fraction of sp³-hybridized carbons (Fsp3) is 0.333. The van der Waals surface area contributed by atoms with Gasteiger partial charge >= 0.3 is 0 Å². The van der Waals surface area contributed by atoms with E-state index in [2.05, 4.69) is 4.98 Å². The van der Waals surface area contributed by atoms with Gasteiger partial charge < -0.3 is 15.2 Å². The molecule has 26 heavy (non-hydrogen) atoms. The van der Waals surface area contributed by atoms with Crippen LogP contribution in [0.1, 0.15) is 37.0 Å². The van der Waals surface area contributed by atoms with Crippen LogP contribution in [0.4, 0.5) is 0 Å². The third-order valence-corrected chi connectivity index (χ3v) is 5.95. The first-order valence-corrected chi connectivity index (χ1v) is 9.80. The minimum absolute atomic E-state index is 0.0307. The first-order valence-electron chi connectivity index (χ1n) is 8.25. The summed E-state index contributed by atoms with van der Waals surface area (Å²) in [6, 6.07) is 7.67. The lowest BCUT2D eigenvalue weighted by Gasteiger charge is -2.13. The van der Waals surface area contributed by atoms with E-state index in [4.69, 9.17) is 15.2 Å². The summed E-state index contributed by atoms with van der Waals surface area (Å²) < 4.78 is 35.5. The Morgan fingerprint density at radius 1 is 1.19 bits per heavy atom. The lowest BCUT2D eigenvalue weighted by molar-refractivity contribution is 0.0997. The van der Waals surface area contributed by atoms with Crippen LogP contribution < -0.4 is 15.2 Å². The van der Waals surface area contributed by atoms with Crippen LogP contribution in [0.15, 0.2) is 41.6 Å². The molecule has 138 valence electrons. The van der Waals surface area contributed by atoms with Crippen molar-refractivity contribution in [3.63, 3.8) is 0 Å². The molecule has 1 aliphatic carbocycles. The van der Waals surface area contributed by atoms with Crippen LogP contribution in [0.2, 0.25) is 0 Å². The molecule has 0 aliphatic heterocycles. The number of pyridine rings is 1.